The van der Waals surface area contributed by atoms with Gasteiger partial charge in [-0.3, -0.25) is 14.7 Å². The van der Waals surface area contributed by atoms with Gasteiger partial charge >= 0.3 is 5.97 Å². The molecule has 0 unspecified atom stereocenters. The summed E-state index contributed by atoms with van der Waals surface area (Å²) in [5.74, 6) is -0.187. The molecule has 0 atom stereocenters. The molecule has 0 saturated heterocycles. The van der Waals surface area contributed by atoms with Gasteiger partial charge in [-0.2, -0.15) is 0 Å². The second-order valence-electron chi connectivity index (χ2n) is 4.40. The van der Waals surface area contributed by atoms with E-state index in [9.17, 15) is 4.79 Å². The minimum Gasteiger partial charge on any atom is -0.465 e. The maximum Gasteiger partial charge on any atom is 0.320 e. The zero-order chi connectivity index (χ0) is 14.2. The SMILES string of the molecule is CCOC(=O)CN(Cc1ccccc1)Cc1cncs1. The largest absolute Gasteiger partial charge is 0.465 e. The van der Waals surface area contributed by atoms with Gasteiger partial charge in [0.2, 0.25) is 0 Å². The summed E-state index contributed by atoms with van der Waals surface area (Å²) in [5.41, 5.74) is 2.99. The zero-order valence-corrected chi connectivity index (χ0v) is 12.3. The van der Waals surface area contributed by atoms with Crippen LogP contribution >= 0.6 is 11.3 Å². The number of hydrogen-bond donors (Lipinski definition) is 0. The van der Waals surface area contributed by atoms with Crippen molar-refractivity contribution in [1.29, 1.82) is 0 Å². The normalized spacial score (nSPS) is 10.7. The van der Waals surface area contributed by atoms with Crippen LogP contribution in [-0.2, 0) is 22.6 Å². The molecule has 0 N–H and O–H groups in total. The van der Waals surface area contributed by atoms with Gasteiger partial charge in [-0.05, 0) is 12.5 Å². The van der Waals surface area contributed by atoms with Crippen molar-refractivity contribution < 1.29 is 9.53 Å². The summed E-state index contributed by atoms with van der Waals surface area (Å²) >= 11 is 1.60. The molecular weight excluding hydrogens is 272 g/mol. The fourth-order valence-corrected chi connectivity index (χ4v) is 2.58. The molecule has 0 saturated carbocycles. The van der Waals surface area contributed by atoms with E-state index in [1.54, 1.807) is 16.8 Å². The summed E-state index contributed by atoms with van der Waals surface area (Å²) in [7, 11) is 0. The molecule has 0 radical (unpaired) electrons. The third-order valence-electron chi connectivity index (χ3n) is 2.77. The maximum absolute atomic E-state index is 11.7. The van der Waals surface area contributed by atoms with Crippen molar-refractivity contribution >= 4 is 17.3 Å². The Morgan fingerprint density at radius 2 is 2.10 bits per heavy atom. The van der Waals surface area contributed by atoms with Gasteiger partial charge in [-0.1, -0.05) is 30.3 Å². The van der Waals surface area contributed by atoms with Crippen molar-refractivity contribution in [2.45, 2.75) is 20.0 Å². The van der Waals surface area contributed by atoms with E-state index in [0.717, 1.165) is 11.4 Å². The number of carbonyl (C=O) groups excluding carboxylic acids is 1. The van der Waals surface area contributed by atoms with E-state index in [1.165, 1.54) is 5.56 Å². The Bertz CT molecular complexity index is 514. The molecule has 2 rings (SSSR count). The van der Waals surface area contributed by atoms with Crippen LogP contribution in [0.5, 0.6) is 0 Å². The Labute approximate surface area is 123 Å². The third kappa shape index (κ3) is 4.75. The number of nitrogens with zero attached hydrogens (tertiary/aromatic N) is 2. The van der Waals surface area contributed by atoms with E-state index in [4.69, 9.17) is 4.74 Å². The zero-order valence-electron chi connectivity index (χ0n) is 11.5. The highest BCUT2D eigenvalue weighted by molar-refractivity contribution is 7.09. The second-order valence-corrected chi connectivity index (χ2v) is 5.37. The number of rotatable bonds is 7. The Hall–Kier alpha value is -1.72. The third-order valence-corrected chi connectivity index (χ3v) is 3.53. The fraction of sp³-hybridized carbons (Fsp3) is 0.333. The lowest BCUT2D eigenvalue weighted by molar-refractivity contribution is -0.144. The topological polar surface area (TPSA) is 42.4 Å². The molecule has 1 aromatic heterocycles. The van der Waals surface area contributed by atoms with E-state index in [2.05, 4.69) is 22.0 Å². The minimum absolute atomic E-state index is 0.187. The van der Waals surface area contributed by atoms with Gasteiger partial charge in [0.05, 0.1) is 18.7 Å². The van der Waals surface area contributed by atoms with Crippen molar-refractivity contribution in [3.8, 4) is 0 Å². The summed E-state index contributed by atoms with van der Waals surface area (Å²) in [4.78, 5) is 19.0. The Balaban J connectivity index is 2.01. The molecular formula is C15H18N2O2S. The summed E-state index contributed by atoms with van der Waals surface area (Å²) < 4.78 is 5.04. The van der Waals surface area contributed by atoms with E-state index >= 15 is 0 Å². The highest BCUT2D eigenvalue weighted by atomic mass is 32.1. The maximum atomic E-state index is 11.7. The Morgan fingerprint density at radius 3 is 2.75 bits per heavy atom. The lowest BCUT2D eigenvalue weighted by Crippen LogP contribution is -2.30. The van der Waals surface area contributed by atoms with Crippen LogP contribution in [0.1, 0.15) is 17.4 Å². The molecule has 1 heterocycles. The number of aromatic nitrogens is 1. The molecule has 0 bridgehead atoms. The number of carbonyl (C=O) groups is 1. The summed E-state index contributed by atoms with van der Waals surface area (Å²) in [6.45, 7) is 3.96. The molecule has 1 aromatic carbocycles. The molecule has 0 aliphatic carbocycles. The number of thiazole rings is 1. The van der Waals surface area contributed by atoms with Gasteiger partial charge in [0, 0.05) is 24.2 Å². The Morgan fingerprint density at radius 1 is 1.30 bits per heavy atom. The van der Waals surface area contributed by atoms with E-state index in [0.29, 0.717) is 19.7 Å². The van der Waals surface area contributed by atoms with Crippen LogP contribution in [0.25, 0.3) is 0 Å². The first-order valence-corrected chi connectivity index (χ1v) is 7.45. The molecule has 0 aliphatic heterocycles. The first-order valence-electron chi connectivity index (χ1n) is 6.57. The van der Waals surface area contributed by atoms with Crippen LogP contribution in [0, 0.1) is 0 Å². The number of ether oxygens (including phenoxy) is 1. The molecule has 4 nitrogen and oxygen atoms in total. The smallest absolute Gasteiger partial charge is 0.320 e. The highest BCUT2D eigenvalue weighted by Gasteiger charge is 2.13. The van der Waals surface area contributed by atoms with Gasteiger partial charge in [0.1, 0.15) is 0 Å². The first-order chi connectivity index (χ1) is 9.78. The molecule has 5 heteroatoms. The summed E-state index contributed by atoms with van der Waals surface area (Å²) in [6.07, 6.45) is 1.84. The fourth-order valence-electron chi connectivity index (χ4n) is 1.94. The van der Waals surface area contributed by atoms with E-state index < -0.39 is 0 Å². The van der Waals surface area contributed by atoms with Crippen LogP contribution in [0.15, 0.2) is 42.0 Å². The number of benzene rings is 1. The van der Waals surface area contributed by atoms with Gasteiger partial charge in [0.25, 0.3) is 0 Å². The van der Waals surface area contributed by atoms with E-state index in [-0.39, 0.29) is 5.97 Å². The average Bonchev–Trinajstić information content (AvgIpc) is 2.93. The predicted octanol–water partition coefficient (Wildman–Crippen LogP) is 2.71. The van der Waals surface area contributed by atoms with Crippen molar-refractivity contribution in [2.24, 2.45) is 0 Å². The predicted molar refractivity (Wildman–Crippen MR) is 79.3 cm³/mol. The monoisotopic (exact) mass is 290 g/mol. The van der Waals surface area contributed by atoms with Gasteiger partial charge < -0.3 is 4.74 Å². The molecule has 106 valence electrons. The molecule has 0 aliphatic rings. The number of esters is 1. The van der Waals surface area contributed by atoms with Crippen molar-refractivity contribution in [1.82, 2.24) is 9.88 Å². The van der Waals surface area contributed by atoms with Crippen molar-refractivity contribution in [3.05, 3.63) is 52.5 Å². The van der Waals surface area contributed by atoms with Crippen LogP contribution in [0.3, 0.4) is 0 Å². The quantitative estimate of drug-likeness (QED) is 0.735. The summed E-state index contributed by atoms with van der Waals surface area (Å²) in [5, 5.41) is 0. The first kappa shape index (κ1) is 14.7. The van der Waals surface area contributed by atoms with Crippen molar-refractivity contribution in [2.75, 3.05) is 13.2 Å². The van der Waals surface area contributed by atoms with Crippen molar-refractivity contribution in [3.63, 3.8) is 0 Å². The molecule has 0 fully saturated rings. The van der Waals surface area contributed by atoms with Crippen LogP contribution in [0.2, 0.25) is 0 Å². The highest BCUT2D eigenvalue weighted by Crippen LogP contribution is 2.13. The van der Waals surface area contributed by atoms with Gasteiger partial charge in [-0.15, -0.1) is 11.3 Å². The summed E-state index contributed by atoms with van der Waals surface area (Å²) in [6, 6.07) is 10.1. The van der Waals surface area contributed by atoms with Gasteiger partial charge in [-0.25, -0.2) is 0 Å². The molecule has 0 spiro atoms. The second kappa shape index (κ2) is 7.77. The van der Waals surface area contributed by atoms with Crippen LogP contribution in [0.4, 0.5) is 0 Å². The van der Waals surface area contributed by atoms with Gasteiger partial charge in [0.15, 0.2) is 0 Å². The minimum atomic E-state index is -0.187. The number of hydrogen-bond acceptors (Lipinski definition) is 5. The van der Waals surface area contributed by atoms with E-state index in [1.807, 2.05) is 31.3 Å². The molecule has 20 heavy (non-hydrogen) atoms. The molecule has 0 amide bonds. The Kier molecular flexibility index (Phi) is 5.70. The van der Waals surface area contributed by atoms with Crippen LogP contribution < -0.4 is 0 Å². The molecule has 2 aromatic rings. The lowest BCUT2D eigenvalue weighted by Gasteiger charge is -2.20. The standard InChI is InChI=1S/C15H18N2O2S/c1-2-19-15(18)11-17(10-14-8-16-12-20-14)9-13-6-4-3-5-7-13/h3-8,12H,2,9-11H2,1H3. The van der Waals surface area contributed by atoms with Crippen LogP contribution in [-0.4, -0.2) is 29.0 Å². The lowest BCUT2D eigenvalue weighted by atomic mass is 10.2. The average molecular weight is 290 g/mol.